The van der Waals surface area contributed by atoms with E-state index in [1.807, 2.05) is 61.5 Å². The summed E-state index contributed by atoms with van der Waals surface area (Å²) in [6.07, 6.45) is 0. The summed E-state index contributed by atoms with van der Waals surface area (Å²) in [6, 6.07) is 25.8. The monoisotopic (exact) mass is 657 g/mol. The van der Waals surface area contributed by atoms with E-state index >= 15 is 0 Å². The Morgan fingerprint density at radius 3 is 2.35 bits per heavy atom. The Labute approximate surface area is 249 Å². The zero-order valence-electron chi connectivity index (χ0n) is 21.9. The van der Waals surface area contributed by atoms with E-state index in [1.165, 1.54) is 0 Å². The molecular weight excluding hydrogens is 634 g/mol. The molecule has 0 unspecified atom stereocenters. The van der Waals surface area contributed by atoms with Crippen molar-refractivity contribution in [3.8, 4) is 5.75 Å². The number of allylic oxidation sites excluding steroid dienone is 2. The number of hydrogen-bond acceptors (Lipinski definition) is 5. The number of ether oxygens (including phenoxy) is 2. The number of ketones is 1. The topological polar surface area (TPSA) is 64.6 Å². The molecule has 0 bridgehead atoms. The SMILES string of the molecule is CCOC(=O)C1=C(C)NC2=C(C(=O)c3ccccc32)[C@@H]1c1cc(Br)c(OCc2cccc3ccccc23)c(Br)c1. The summed E-state index contributed by atoms with van der Waals surface area (Å²) in [7, 11) is 0. The molecule has 2 aliphatic rings. The van der Waals surface area contributed by atoms with Gasteiger partial charge >= 0.3 is 5.97 Å². The van der Waals surface area contributed by atoms with Crippen molar-refractivity contribution in [3.63, 3.8) is 0 Å². The van der Waals surface area contributed by atoms with E-state index in [1.54, 1.807) is 6.92 Å². The first-order valence-corrected chi connectivity index (χ1v) is 14.6. The van der Waals surface area contributed by atoms with Crippen LogP contribution in [0.15, 0.2) is 105 Å². The molecule has 1 aliphatic heterocycles. The van der Waals surface area contributed by atoms with Crippen LogP contribution in [0.4, 0.5) is 0 Å². The van der Waals surface area contributed by atoms with Crippen LogP contribution in [0.2, 0.25) is 0 Å². The minimum absolute atomic E-state index is 0.0964. The fourth-order valence-corrected chi connectivity index (χ4v) is 7.04. The zero-order chi connectivity index (χ0) is 28.0. The first kappa shape index (κ1) is 26.5. The molecule has 6 rings (SSSR count). The van der Waals surface area contributed by atoms with Crippen LogP contribution in [0.1, 0.15) is 46.8 Å². The molecule has 0 amide bonds. The van der Waals surface area contributed by atoms with Gasteiger partial charge in [0.25, 0.3) is 0 Å². The summed E-state index contributed by atoms with van der Waals surface area (Å²) in [5.41, 5.74) is 5.66. The van der Waals surface area contributed by atoms with E-state index in [2.05, 4.69) is 61.4 Å². The molecule has 4 aromatic carbocycles. The highest BCUT2D eigenvalue weighted by atomic mass is 79.9. The summed E-state index contributed by atoms with van der Waals surface area (Å²) in [5.74, 6) is -0.522. The van der Waals surface area contributed by atoms with Crippen LogP contribution in [0.3, 0.4) is 0 Å². The molecule has 40 heavy (non-hydrogen) atoms. The highest BCUT2D eigenvalue weighted by Gasteiger charge is 2.43. The van der Waals surface area contributed by atoms with Crippen LogP contribution in [-0.4, -0.2) is 18.4 Å². The molecule has 0 fully saturated rings. The Balaban J connectivity index is 1.41. The maximum Gasteiger partial charge on any atom is 0.336 e. The molecule has 0 aromatic heterocycles. The second-order valence-electron chi connectivity index (χ2n) is 9.72. The smallest absolute Gasteiger partial charge is 0.336 e. The summed E-state index contributed by atoms with van der Waals surface area (Å²) in [5, 5.41) is 5.63. The highest BCUT2D eigenvalue weighted by Crippen LogP contribution is 2.49. The Bertz CT molecular complexity index is 1740. The largest absolute Gasteiger partial charge is 0.487 e. The van der Waals surface area contributed by atoms with Crippen molar-refractivity contribution in [2.45, 2.75) is 26.4 Å². The van der Waals surface area contributed by atoms with Gasteiger partial charge in [-0.05, 0) is 79.7 Å². The molecule has 1 heterocycles. The maximum atomic E-state index is 13.7. The van der Waals surface area contributed by atoms with Crippen LogP contribution in [0.5, 0.6) is 5.75 Å². The Morgan fingerprint density at radius 1 is 0.925 bits per heavy atom. The normalized spacial score (nSPS) is 16.1. The van der Waals surface area contributed by atoms with E-state index in [9.17, 15) is 9.59 Å². The average Bonchev–Trinajstić information content (AvgIpc) is 3.23. The lowest BCUT2D eigenvalue weighted by Gasteiger charge is -2.29. The first-order valence-electron chi connectivity index (χ1n) is 13.0. The van der Waals surface area contributed by atoms with Crippen LogP contribution < -0.4 is 10.1 Å². The number of fused-ring (bicyclic) bond motifs is 3. The Hall–Kier alpha value is -3.68. The molecule has 0 radical (unpaired) electrons. The molecule has 4 aromatic rings. The molecule has 1 atom stereocenters. The molecule has 0 saturated carbocycles. The number of rotatable bonds is 6. The third kappa shape index (κ3) is 4.47. The minimum atomic E-state index is -0.616. The van der Waals surface area contributed by atoms with Crippen LogP contribution in [0, 0.1) is 0 Å². The van der Waals surface area contributed by atoms with Gasteiger partial charge in [-0.1, -0.05) is 66.7 Å². The summed E-state index contributed by atoms with van der Waals surface area (Å²) >= 11 is 7.41. The molecule has 1 aliphatic carbocycles. The molecule has 1 N–H and O–H groups in total. The fraction of sp³-hybridized carbons (Fsp3) is 0.152. The van der Waals surface area contributed by atoms with Gasteiger partial charge in [0, 0.05) is 28.3 Å². The quantitative estimate of drug-likeness (QED) is 0.212. The minimum Gasteiger partial charge on any atom is -0.487 e. The average molecular weight is 659 g/mol. The van der Waals surface area contributed by atoms with Gasteiger partial charge in [-0.2, -0.15) is 0 Å². The summed E-state index contributed by atoms with van der Waals surface area (Å²) < 4.78 is 13.2. The fourth-order valence-electron chi connectivity index (χ4n) is 5.59. The van der Waals surface area contributed by atoms with Gasteiger partial charge in [0.2, 0.25) is 0 Å². The Kier molecular flexibility index (Phi) is 7.11. The van der Waals surface area contributed by atoms with Gasteiger partial charge in [0.1, 0.15) is 12.4 Å². The molecule has 5 nitrogen and oxygen atoms in total. The van der Waals surface area contributed by atoms with Gasteiger partial charge in [-0.25, -0.2) is 4.79 Å². The van der Waals surface area contributed by atoms with Crippen LogP contribution >= 0.6 is 31.9 Å². The molecule has 200 valence electrons. The van der Waals surface area contributed by atoms with E-state index in [0.717, 1.165) is 33.2 Å². The number of carbonyl (C=O) groups excluding carboxylic acids is 2. The molecule has 0 spiro atoms. The lowest BCUT2D eigenvalue weighted by Crippen LogP contribution is -2.29. The maximum absolute atomic E-state index is 13.7. The van der Waals surface area contributed by atoms with Crippen molar-refractivity contribution in [2.24, 2.45) is 0 Å². The van der Waals surface area contributed by atoms with E-state index < -0.39 is 11.9 Å². The van der Waals surface area contributed by atoms with Gasteiger partial charge in [0.05, 0.1) is 26.8 Å². The second kappa shape index (κ2) is 10.7. The number of halogens is 2. The molecular formula is C33H25Br2NO4. The predicted molar refractivity (Wildman–Crippen MR) is 163 cm³/mol. The molecule has 7 heteroatoms. The predicted octanol–water partition coefficient (Wildman–Crippen LogP) is 8.08. The number of hydrogen-bond donors (Lipinski definition) is 1. The van der Waals surface area contributed by atoms with Crippen molar-refractivity contribution >= 4 is 60.1 Å². The van der Waals surface area contributed by atoms with Gasteiger partial charge in [-0.3, -0.25) is 4.79 Å². The number of dihydropyridines is 1. The van der Waals surface area contributed by atoms with E-state index in [-0.39, 0.29) is 12.4 Å². The van der Waals surface area contributed by atoms with Crippen molar-refractivity contribution in [2.75, 3.05) is 6.61 Å². The summed E-state index contributed by atoms with van der Waals surface area (Å²) in [6.45, 7) is 4.23. The highest BCUT2D eigenvalue weighted by molar-refractivity contribution is 9.11. The lowest BCUT2D eigenvalue weighted by atomic mass is 9.80. The van der Waals surface area contributed by atoms with Crippen LogP contribution in [-0.2, 0) is 16.1 Å². The third-order valence-corrected chi connectivity index (χ3v) is 8.53. The standard InChI is InChI=1S/C33H25Br2NO4/c1-3-39-33(38)27-18(2)36-30-23-13-6-7-14-24(23)31(37)29(30)28(27)21-15-25(34)32(26(35)16-21)40-17-20-11-8-10-19-9-4-5-12-22(19)20/h4-16,28,36H,3,17H2,1-2H3/t28-/m1/s1. The lowest BCUT2D eigenvalue weighted by molar-refractivity contribution is -0.138. The van der Waals surface area contributed by atoms with Gasteiger partial charge < -0.3 is 14.8 Å². The number of Topliss-reactive ketones (excluding diaryl/α,β-unsaturated/α-hetero) is 1. The zero-order valence-corrected chi connectivity index (χ0v) is 25.1. The number of carbonyl (C=O) groups is 2. The molecule has 0 saturated heterocycles. The van der Waals surface area contributed by atoms with Gasteiger partial charge in [0.15, 0.2) is 5.78 Å². The van der Waals surface area contributed by atoms with E-state index in [0.29, 0.717) is 43.7 Å². The summed E-state index contributed by atoms with van der Waals surface area (Å²) in [4.78, 5) is 27.0. The number of benzene rings is 4. The van der Waals surface area contributed by atoms with Crippen molar-refractivity contribution in [3.05, 3.63) is 127 Å². The van der Waals surface area contributed by atoms with Gasteiger partial charge in [-0.15, -0.1) is 0 Å². The second-order valence-corrected chi connectivity index (χ2v) is 11.4. The van der Waals surface area contributed by atoms with E-state index in [4.69, 9.17) is 9.47 Å². The van der Waals surface area contributed by atoms with Crippen molar-refractivity contribution in [1.29, 1.82) is 0 Å². The van der Waals surface area contributed by atoms with Crippen molar-refractivity contribution in [1.82, 2.24) is 5.32 Å². The number of nitrogens with one attached hydrogen (secondary N) is 1. The van der Waals surface area contributed by atoms with Crippen molar-refractivity contribution < 1.29 is 19.1 Å². The Morgan fingerprint density at radius 2 is 1.60 bits per heavy atom. The van der Waals surface area contributed by atoms with Crippen LogP contribution in [0.25, 0.3) is 16.5 Å². The third-order valence-electron chi connectivity index (χ3n) is 7.35. The number of esters is 1. The first-order chi connectivity index (χ1) is 19.4.